The Hall–Kier alpha value is -1.90. The van der Waals surface area contributed by atoms with Crippen molar-refractivity contribution in [3.63, 3.8) is 0 Å². The van der Waals surface area contributed by atoms with Gasteiger partial charge in [0.2, 0.25) is 0 Å². The molecule has 0 spiro atoms. The first kappa shape index (κ1) is 11.6. The molecule has 0 aliphatic heterocycles. The standard InChI is InChI=1S/C14H13FO2/c1-9-7-11(3-5-13(9)15)14-6-4-12(17-14)8-10(2)16/h3-7H,8H2,1-2H3. The van der Waals surface area contributed by atoms with E-state index in [-0.39, 0.29) is 11.6 Å². The molecule has 2 aromatic rings. The fourth-order valence-corrected chi connectivity index (χ4v) is 1.67. The van der Waals surface area contributed by atoms with Gasteiger partial charge in [0.1, 0.15) is 23.1 Å². The summed E-state index contributed by atoms with van der Waals surface area (Å²) >= 11 is 0. The van der Waals surface area contributed by atoms with E-state index in [9.17, 15) is 9.18 Å². The molecule has 1 aromatic heterocycles. The van der Waals surface area contributed by atoms with Gasteiger partial charge >= 0.3 is 0 Å². The Morgan fingerprint density at radius 2 is 2.06 bits per heavy atom. The van der Waals surface area contributed by atoms with Gasteiger partial charge in [-0.05, 0) is 49.7 Å². The number of Topliss-reactive ketones (excluding diaryl/α,β-unsaturated/α-hetero) is 1. The third-order valence-corrected chi connectivity index (χ3v) is 2.53. The van der Waals surface area contributed by atoms with Crippen molar-refractivity contribution in [3.05, 3.63) is 47.5 Å². The summed E-state index contributed by atoms with van der Waals surface area (Å²) in [4.78, 5) is 10.9. The number of rotatable bonds is 3. The van der Waals surface area contributed by atoms with E-state index in [0.717, 1.165) is 5.56 Å². The number of halogens is 1. The molecule has 17 heavy (non-hydrogen) atoms. The van der Waals surface area contributed by atoms with Gasteiger partial charge in [0.15, 0.2) is 0 Å². The lowest BCUT2D eigenvalue weighted by atomic mass is 10.1. The molecule has 0 aliphatic carbocycles. The van der Waals surface area contributed by atoms with E-state index in [0.29, 0.717) is 23.5 Å². The molecule has 0 atom stereocenters. The Bertz CT molecular complexity index is 555. The molecule has 3 heteroatoms. The summed E-state index contributed by atoms with van der Waals surface area (Å²) in [6.45, 7) is 3.22. The average molecular weight is 232 g/mol. The highest BCUT2D eigenvalue weighted by Gasteiger charge is 2.08. The minimum atomic E-state index is -0.232. The van der Waals surface area contributed by atoms with E-state index in [2.05, 4.69) is 0 Å². The normalized spacial score (nSPS) is 10.5. The van der Waals surface area contributed by atoms with Crippen molar-refractivity contribution in [3.8, 4) is 11.3 Å². The number of aryl methyl sites for hydroxylation is 1. The summed E-state index contributed by atoms with van der Waals surface area (Å²) in [5.41, 5.74) is 1.39. The van der Waals surface area contributed by atoms with Gasteiger partial charge in [-0.25, -0.2) is 4.39 Å². The molecule has 0 fully saturated rings. The average Bonchev–Trinajstić information content (AvgIpc) is 2.69. The second-order valence-corrected chi connectivity index (χ2v) is 4.11. The van der Waals surface area contributed by atoms with Gasteiger partial charge in [-0.15, -0.1) is 0 Å². The second-order valence-electron chi connectivity index (χ2n) is 4.11. The molecule has 0 N–H and O–H groups in total. The van der Waals surface area contributed by atoms with E-state index in [1.54, 1.807) is 31.2 Å². The van der Waals surface area contributed by atoms with Crippen molar-refractivity contribution in [2.45, 2.75) is 20.3 Å². The molecular weight excluding hydrogens is 219 g/mol. The minimum absolute atomic E-state index is 0.0567. The van der Waals surface area contributed by atoms with Crippen molar-refractivity contribution in [1.29, 1.82) is 0 Å². The van der Waals surface area contributed by atoms with Gasteiger partial charge in [0.05, 0.1) is 6.42 Å². The van der Waals surface area contributed by atoms with Crippen LogP contribution in [0.15, 0.2) is 34.7 Å². The lowest BCUT2D eigenvalue weighted by Crippen LogP contribution is -1.93. The summed E-state index contributed by atoms with van der Waals surface area (Å²) in [7, 11) is 0. The molecule has 0 saturated carbocycles. The first-order chi connectivity index (χ1) is 8.06. The zero-order valence-corrected chi connectivity index (χ0v) is 9.79. The molecule has 2 rings (SSSR count). The summed E-state index contributed by atoms with van der Waals surface area (Å²) in [6.07, 6.45) is 0.292. The first-order valence-corrected chi connectivity index (χ1v) is 5.41. The van der Waals surface area contributed by atoms with E-state index in [1.807, 2.05) is 0 Å². The van der Waals surface area contributed by atoms with Crippen molar-refractivity contribution in [1.82, 2.24) is 0 Å². The number of hydrogen-bond acceptors (Lipinski definition) is 2. The molecule has 2 nitrogen and oxygen atoms in total. The third kappa shape index (κ3) is 2.61. The highest BCUT2D eigenvalue weighted by molar-refractivity contribution is 5.77. The van der Waals surface area contributed by atoms with Gasteiger partial charge in [-0.1, -0.05) is 0 Å². The maximum absolute atomic E-state index is 13.1. The van der Waals surface area contributed by atoms with Crippen molar-refractivity contribution in [2.75, 3.05) is 0 Å². The molecule has 0 saturated heterocycles. The minimum Gasteiger partial charge on any atom is -0.461 e. The Morgan fingerprint density at radius 1 is 1.29 bits per heavy atom. The van der Waals surface area contributed by atoms with Crippen LogP contribution >= 0.6 is 0 Å². The van der Waals surface area contributed by atoms with Crippen LogP contribution in [0, 0.1) is 12.7 Å². The van der Waals surface area contributed by atoms with Crippen LogP contribution in [0.5, 0.6) is 0 Å². The monoisotopic (exact) mass is 232 g/mol. The number of carbonyl (C=O) groups excluding carboxylic acids is 1. The predicted octanol–water partition coefficient (Wildman–Crippen LogP) is 3.53. The maximum Gasteiger partial charge on any atom is 0.137 e. The molecule has 0 bridgehead atoms. The SMILES string of the molecule is CC(=O)Cc1ccc(-c2ccc(F)c(C)c2)o1. The van der Waals surface area contributed by atoms with Crippen LogP contribution in [-0.2, 0) is 11.2 Å². The number of furan rings is 1. The van der Waals surface area contributed by atoms with Crippen molar-refractivity contribution < 1.29 is 13.6 Å². The first-order valence-electron chi connectivity index (χ1n) is 5.41. The fraction of sp³-hybridized carbons (Fsp3) is 0.214. The van der Waals surface area contributed by atoms with Crippen LogP contribution in [0.4, 0.5) is 4.39 Å². The van der Waals surface area contributed by atoms with E-state index in [4.69, 9.17) is 4.42 Å². The zero-order valence-electron chi connectivity index (χ0n) is 9.79. The molecule has 0 aliphatic rings. The molecule has 88 valence electrons. The van der Waals surface area contributed by atoms with Gasteiger partial charge in [-0.3, -0.25) is 4.79 Å². The van der Waals surface area contributed by atoms with Gasteiger partial charge in [0.25, 0.3) is 0 Å². The van der Waals surface area contributed by atoms with E-state index >= 15 is 0 Å². The number of carbonyl (C=O) groups is 1. The molecular formula is C14H13FO2. The van der Waals surface area contributed by atoms with Crippen LogP contribution in [-0.4, -0.2) is 5.78 Å². The maximum atomic E-state index is 13.1. The predicted molar refractivity (Wildman–Crippen MR) is 63.2 cm³/mol. The Morgan fingerprint density at radius 3 is 2.71 bits per heavy atom. The number of ketones is 1. The van der Waals surface area contributed by atoms with Crippen LogP contribution in [0.25, 0.3) is 11.3 Å². The zero-order chi connectivity index (χ0) is 12.4. The van der Waals surface area contributed by atoms with Crippen LogP contribution < -0.4 is 0 Å². The third-order valence-electron chi connectivity index (χ3n) is 2.53. The number of benzene rings is 1. The van der Waals surface area contributed by atoms with Crippen LogP contribution in [0.2, 0.25) is 0 Å². The Labute approximate surface area is 99.1 Å². The van der Waals surface area contributed by atoms with Crippen molar-refractivity contribution >= 4 is 5.78 Å². The lowest BCUT2D eigenvalue weighted by Gasteiger charge is -2.00. The van der Waals surface area contributed by atoms with Gasteiger partial charge < -0.3 is 4.42 Å². The Balaban J connectivity index is 2.30. The molecule has 1 aromatic carbocycles. The van der Waals surface area contributed by atoms with E-state index in [1.165, 1.54) is 13.0 Å². The summed E-state index contributed by atoms with van der Waals surface area (Å²) in [5, 5.41) is 0. The lowest BCUT2D eigenvalue weighted by molar-refractivity contribution is -0.116. The molecule has 1 heterocycles. The fourth-order valence-electron chi connectivity index (χ4n) is 1.67. The quantitative estimate of drug-likeness (QED) is 0.810. The summed E-state index contributed by atoms with van der Waals surface area (Å²) < 4.78 is 18.6. The van der Waals surface area contributed by atoms with Crippen molar-refractivity contribution in [2.24, 2.45) is 0 Å². The molecule has 0 amide bonds. The smallest absolute Gasteiger partial charge is 0.137 e. The largest absolute Gasteiger partial charge is 0.461 e. The van der Waals surface area contributed by atoms with Gasteiger partial charge in [-0.2, -0.15) is 0 Å². The van der Waals surface area contributed by atoms with E-state index < -0.39 is 0 Å². The van der Waals surface area contributed by atoms with Crippen LogP contribution in [0.3, 0.4) is 0 Å². The second kappa shape index (κ2) is 4.53. The molecule has 0 radical (unpaired) electrons. The molecule has 0 unspecified atom stereocenters. The van der Waals surface area contributed by atoms with Gasteiger partial charge in [0, 0.05) is 5.56 Å². The topological polar surface area (TPSA) is 30.2 Å². The Kier molecular flexibility index (Phi) is 3.09. The summed E-state index contributed by atoms with van der Waals surface area (Å²) in [6, 6.07) is 8.38. The van der Waals surface area contributed by atoms with Crippen LogP contribution in [0.1, 0.15) is 18.2 Å². The number of hydrogen-bond donors (Lipinski definition) is 0. The highest BCUT2D eigenvalue weighted by Crippen LogP contribution is 2.24. The summed E-state index contributed by atoms with van der Waals surface area (Å²) in [5.74, 6) is 1.12. The highest BCUT2D eigenvalue weighted by atomic mass is 19.1.